The van der Waals surface area contributed by atoms with E-state index in [2.05, 4.69) is 5.32 Å². The third-order valence-corrected chi connectivity index (χ3v) is 8.78. The topological polar surface area (TPSA) is 211 Å². The standard InChI is InChI=1S/C34H39Cl2N3O12S/c1-21(31(42)22-8-5-9-23(35)16-22)39(34(2,3)4)33(44)51-20-50-30(41)12-6-11-29(40)48-14-15-49-32(43)25-17-28(52(37,45)46)26(36)18-27(25)38-19-24-10-7-13-47-24/h5,7-10,13,16-18,21,38H,6,11-12,14-15,19-20H2,1-4H3,(H2,37,45,46). The van der Waals surface area contributed by atoms with E-state index in [0.717, 1.165) is 6.07 Å². The summed E-state index contributed by atoms with van der Waals surface area (Å²) >= 11 is 12.1. The molecular formula is C34H39Cl2N3O12S. The number of anilines is 1. The average molecular weight is 785 g/mol. The molecule has 0 bridgehead atoms. The molecule has 1 amide bonds. The number of nitrogens with one attached hydrogen (secondary N) is 1. The van der Waals surface area contributed by atoms with Crippen molar-refractivity contribution < 1.29 is 55.8 Å². The second-order valence-corrected chi connectivity index (χ2v) is 14.5. The van der Waals surface area contributed by atoms with Gasteiger partial charge in [0.2, 0.25) is 16.8 Å². The Morgan fingerprint density at radius 2 is 1.60 bits per heavy atom. The lowest BCUT2D eigenvalue weighted by Gasteiger charge is -2.38. The summed E-state index contributed by atoms with van der Waals surface area (Å²) in [6, 6.07) is 10.9. The highest BCUT2D eigenvalue weighted by molar-refractivity contribution is 7.89. The number of benzene rings is 2. The van der Waals surface area contributed by atoms with Gasteiger partial charge in [-0.3, -0.25) is 19.3 Å². The van der Waals surface area contributed by atoms with Gasteiger partial charge in [0, 0.05) is 29.0 Å². The van der Waals surface area contributed by atoms with Gasteiger partial charge in [-0.15, -0.1) is 0 Å². The van der Waals surface area contributed by atoms with Gasteiger partial charge in [0.1, 0.15) is 23.9 Å². The number of ketones is 1. The Kier molecular flexibility index (Phi) is 15.0. The quantitative estimate of drug-likeness (QED) is 0.0552. The van der Waals surface area contributed by atoms with Crippen LogP contribution in [0.25, 0.3) is 0 Å². The van der Waals surface area contributed by atoms with E-state index in [-0.39, 0.29) is 61.1 Å². The molecule has 0 fully saturated rings. The zero-order valence-corrected chi connectivity index (χ0v) is 31.1. The highest BCUT2D eigenvalue weighted by Crippen LogP contribution is 2.29. The second kappa shape index (κ2) is 18.7. The summed E-state index contributed by atoms with van der Waals surface area (Å²) in [5, 5.41) is 8.29. The molecule has 282 valence electrons. The average Bonchev–Trinajstić information content (AvgIpc) is 3.58. The van der Waals surface area contributed by atoms with E-state index in [4.69, 9.17) is 51.7 Å². The molecule has 1 atom stereocenters. The molecule has 3 N–H and O–H groups in total. The van der Waals surface area contributed by atoms with Gasteiger partial charge in [0.05, 0.1) is 35.1 Å². The molecule has 18 heteroatoms. The van der Waals surface area contributed by atoms with Gasteiger partial charge in [-0.05, 0) is 70.5 Å². The van der Waals surface area contributed by atoms with E-state index in [0.29, 0.717) is 16.3 Å². The molecule has 0 spiro atoms. The molecule has 3 aromatic rings. The first-order valence-electron chi connectivity index (χ1n) is 15.7. The molecule has 0 aliphatic rings. The lowest BCUT2D eigenvalue weighted by molar-refractivity contribution is -0.153. The van der Waals surface area contributed by atoms with Crippen molar-refractivity contribution in [3.8, 4) is 0 Å². The minimum Gasteiger partial charge on any atom is -0.467 e. The fourth-order valence-electron chi connectivity index (χ4n) is 4.80. The lowest BCUT2D eigenvalue weighted by atomic mass is 9.98. The smallest absolute Gasteiger partial charge is 0.413 e. The monoisotopic (exact) mass is 783 g/mol. The van der Waals surface area contributed by atoms with Gasteiger partial charge in [-0.2, -0.15) is 0 Å². The number of carbonyl (C=O) groups is 5. The highest BCUT2D eigenvalue weighted by atomic mass is 35.5. The fourth-order valence-corrected chi connectivity index (χ4v) is 6.09. The van der Waals surface area contributed by atoms with Gasteiger partial charge in [0.15, 0.2) is 5.78 Å². The SMILES string of the molecule is CC(C(=O)c1cccc(Cl)c1)N(C(=O)OCOC(=O)CCCC(=O)OCCOC(=O)c1cc(S(N)(=O)=O)c(Cl)cc1NCc1ccco1)C(C)(C)C. The summed E-state index contributed by atoms with van der Waals surface area (Å²) in [4.78, 5) is 63.9. The van der Waals surface area contributed by atoms with Crippen molar-refractivity contribution in [1.29, 1.82) is 0 Å². The van der Waals surface area contributed by atoms with Crippen molar-refractivity contribution in [2.24, 2.45) is 5.14 Å². The number of nitrogens with zero attached hydrogens (tertiary/aromatic N) is 1. The number of ether oxygens (including phenoxy) is 4. The molecular weight excluding hydrogens is 745 g/mol. The van der Waals surface area contributed by atoms with Crippen LogP contribution in [-0.4, -0.2) is 74.7 Å². The number of hydrogen-bond acceptors (Lipinski definition) is 13. The summed E-state index contributed by atoms with van der Waals surface area (Å²) < 4.78 is 49.5. The number of hydrogen-bond donors (Lipinski definition) is 2. The fraction of sp³-hybridized carbons (Fsp3) is 0.382. The highest BCUT2D eigenvalue weighted by Gasteiger charge is 2.36. The normalized spacial score (nSPS) is 12.0. The minimum absolute atomic E-state index is 0.0382. The number of carbonyl (C=O) groups excluding carboxylic acids is 5. The van der Waals surface area contributed by atoms with Gasteiger partial charge in [-0.25, -0.2) is 23.1 Å². The number of nitrogens with two attached hydrogens (primary N) is 1. The summed E-state index contributed by atoms with van der Waals surface area (Å²) in [7, 11) is -4.28. The molecule has 1 heterocycles. The molecule has 0 saturated carbocycles. The van der Waals surface area contributed by atoms with Crippen LogP contribution in [0, 0.1) is 0 Å². The van der Waals surface area contributed by atoms with Gasteiger partial charge in [0.25, 0.3) is 0 Å². The number of esters is 3. The van der Waals surface area contributed by atoms with Crippen LogP contribution in [-0.2, 0) is 45.1 Å². The Labute approximate surface area is 310 Å². The van der Waals surface area contributed by atoms with Crippen LogP contribution in [0.5, 0.6) is 0 Å². The summed E-state index contributed by atoms with van der Waals surface area (Å²) in [6.07, 6.45) is 0.228. The molecule has 1 aromatic heterocycles. The van der Waals surface area contributed by atoms with Crippen LogP contribution < -0.4 is 10.5 Å². The van der Waals surface area contributed by atoms with Crippen molar-refractivity contribution in [2.75, 3.05) is 25.3 Å². The Morgan fingerprint density at radius 1 is 0.923 bits per heavy atom. The number of halogens is 2. The second-order valence-electron chi connectivity index (χ2n) is 12.2. The third-order valence-electron chi connectivity index (χ3n) is 7.17. The van der Waals surface area contributed by atoms with Crippen LogP contribution >= 0.6 is 23.2 Å². The van der Waals surface area contributed by atoms with Gasteiger partial charge < -0.3 is 28.7 Å². The van der Waals surface area contributed by atoms with Crippen molar-refractivity contribution in [2.45, 2.75) is 70.0 Å². The maximum atomic E-state index is 13.1. The number of furan rings is 1. The molecule has 52 heavy (non-hydrogen) atoms. The van der Waals surface area contributed by atoms with Gasteiger partial charge >= 0.3 is 24.0 Å². The third kappa shape index (κ3) is 12.5. The molecule has 0 radical (unpaired) electrons. The first kappa shape index (κ1) is 41.8. The Hall–Kier alpha value is -4.64. The molecule has 0 aliphatic heterocycles. The van der Waals surface area contributed by atoms with E-state index >= 15 is 0 Å². The zero-order valence-electron chi connectivity index (χ0n) is 28.8. The van der Waals surface area contributed by atoms with Crippen LogP contribution in [0.2, 0.25) is 10.0 Å². The Balaban J connectivity index is 1.41. The molecule has 0 saturated heterocycles. The maximum Gasteiger partial charge on any atom is 0.413 e. The Morgan fingerprint density at radius 3 is 2.21 bits per heavy atom. The number of Topliss-reactive ketones (excluding diaryl/α,β-unsaturated/α-hetero) is 1. The van der Waals surface area contributed by atoms with Crippen molar-refractivity contribution in [3.63, 3.8) is 0 Å². The van der Waals surface area contributed by atoms with Crippen LogP contribution in [0.3, 0.4) is 0 Å². The lowest BCUT2D eigenvalue weighted by Crippen LogP contribution is -2.53. The van der Waals surface area contributed by atoms with Crippen LogP contribution in [0.4, 0.5) is 10.5 Å². The number of sulfonamides is 1. The van der Waals surface area contributed by atoms with Crippen molar-refractivity contribution in [1.82, 2.24) is 4.90 Å². The van der Waals surface area contributed by atoms with E-state index in [1.165, 1.54) is 23.3 Å². The van der Waals surface area contributed by atoms with Gasteiger partial charge in [-0.1, -0.05) is 35.3 Å². The number of primary sulfonamides is 1. The predicted octanol–water partition coefficient (Wildman–Crippen LogP) is 5.73. The van der Waals surface area contributed by atoms with Crippen molar-refractivity contribution in [3.05, 3.63) is 81.7 Å². The summed E-state index contributed by atoms with van der Waals surface area (Å²) in [6.45, 7) is 5.41. The molecule has 2 aromatic carbocycles. The summed E-state index contributed by atoms with van der Waals surface area (Å²) in [5.41, 5.74) is -0.568. The van der Waals surface area contributed by atoms with E-state index in [9.17, 15) is 32.4 Å². The van der Waals surface area contributed by atoms with Crippen LogP contribution in [0.1, 0.15) is 73.4 Å². The maximum absolute atomic E-state index is 13.1. The predicted molar refractivity (Wildman–Crippen MR) is 188 cm³/mol. The zero-order chi connectivity index (χ0) is 38.6. The number of rotatable bonds is 17. The number of amides is 1. The van der Waals surface area contributed by atoms with E-state index < -0.39 is 57.3 Å². The summed E-state index contributed by atoms with van der Waals surface area (Å²) in [5.74, 6) is -2.24. The minimum atomic E-state index is -4.28. The largest absolute Gasteiger partial charge is 0.467 e. The first-order valence-corrected chi connectivity index (χ1v) is 18.1. The van der Waals surface area contributed by atoms with E-state index in [1.54, 1.807) is 58.0 Å². The molecule has 3 rings (SSSR count). The van der Waals surface area contributed by atoms with Crippen LogP contribution in [0.15, 0.2) is 64.1 Å². The molecule has 1 unspecified atom stereocenters. The molecule has 15 nitrogen and oxygen atoms in total. The first-order chi connectivity index (χ1) is 24.4. The van der Waals surface area contributed by atoms with Crippen molar-refractivity contribution >= 4 is 68.7 Å². The van der Waals surface area contributed by atoms with E-state index in [1.807, 2.05) is 0 Å². The Bertz CT molecular complexity index is 1860. The molecule has 0 aliphatic carbocycles.